The maximum Gasteiger partial charge on any atom is 0.258 e. The Morgan fingerprint density at radius 1 is 1.10 bits per heavy atom. The van der Waals surface area contributed by atoms with Gasteiger partial charge in [0.05, 0.1) is 23.6 Å². The van der Waals surface area contributed by atoms with Crippen LogP contribution >= 0.6 is 0 Å². The van der Waals surface area contributed by atoms with Gasteiger partial charge in [0.1, 0.15) is 0 Å². The van der Waals surface area contributed by atoms with Crippen LogP contribution in [0.2, 0.25) is 0 Å². The number of amides is 1. The number of para-hydroxylation sites is 2. The lowest BCUT2D eigenvalue weighted by molar-refractivity contribution is -0.126. The Labute approximate surface area is 173 Å². The van der Waals surface area contributed by atoms with E-state index in [4.69, 9.17) is 14.7 Å². The topological polar surface area (TPSA) is 67.4 Å². The van der Waals surface area contributed by atoms with Crippen molar-refractivity contribution in [1.29, 1.82) is 0 Å². The first-order valence-corrected chi connectivity index (χ1v) is 11.2. The Morgan fingerprint density at radius 2 is 1.86 bits per heavy atom. The van der Waals surface area contributed by atoms with E-state index in [1.807, 2.05) is 24.3 Å². The van der Waals surface area contributed by atoms with Gasteiger partial charge < -0.3 is 15.0 Å². The van der Waals surface area contributed by atoms with E-state index in [0.717, 1.165) is 55.5 Å². The van der Waals surface area contributed by atoms with Crippen molar-refractivity contribution < 1.29 is 9.53 Å². The summed E-state index contributed by atoms with van der Waals surface area (Å²) in [6.45, 7) is 4.25. The Kier molecular flexibility index (Phi) is 6.47. The van der Waals surface area contributed by atoms with Crippen molar-refractivity contribution in [3.8, 4) is 5.88 Å². The standard InChI is InChI=1S/C23H32N4O2/c1-2-15-29-23-21(25-19-12-6-7-13-20(19)26-23)27-14-8-9-17(16-27)22(28)24-18-10-4-3-5-11-18/h6-7,12-13,17-18H,2-5,8-11,14-16H2,1H3,(H,24,28)/t17-/m0/s1. The summed E-state index contributed by atoms with van der Waals surface area (Å²) in [7, 11) is 0. The third-order valence-corrected chi connectivity index (χ3v) is 6.01. The molecule has 1 saturated carbocycles. The molecule has 1 N–H and O–H groups in total. The number of piperidine rings is 1. The minimum atomic E-state index is -0.00188. The lowest BCUT2D eigenvalue weighted by Crippen LogP contribution is -2.46. The highest BCUT2D eigenvalue weighted by molar-refractivity contribution is 5.81. The van der Waals surface area contributed by atoms with Crippen molar-refractivity contribution in [1.82, 2.24) is 15.3 Å². The average Bonchev–Trinajstić information content (AvgIpc) is 2.78. The Morgan fingerprint density at radius 3 is 2.62 bits per heavy atom. The molecule has 1 aromatic carbocycles. The molecule has 4 rings (SSSR count). The van der Waals surface area contributed by atoms with Gasteiger partial charge in [0.15, 0.2) is 5.82 Å². The molecule has 2 aliphatic rings. The van der Waals surface area contributed by atoms with Crippen LogP contribution in [0.15, 0.2) is 24.3 Å². The highest BCUT2D eigenvalue weighted by Crippen LogP contribution is 2.31. The number of nitrogens with zero attached hydrogens (tertiary/aromatic N) is 3. The van der Waals surface area contributed by atoms with Gasteiger partial charge in [-0.2, -0.15) is 0 Å². The van der Waals surface area contributed by atoms with Crippen LogP contribution in [-0.2, 0) is 4.79 Å². The van der Waals surface area contributed by atoms with E-state index in [1.165, 1.54) is 19.3 Å². The number of carbonyl (C=O) groups is 1. The first kappa shape index (κ1) is 19.9. The number of rotatable bonds is 6. The molecule has 29 heavy (non-hydrogen) atoms. The average molecular weight is 397 g/mol. The molecule has 1 saturated heterocycles. The quantitative estimate of drug-likeness (QED) is 0.797. The summed E-state index contributed by atoms with van der Waals surface area (Å²) in [4.78, 5) is 24.7. The molecule has 0 radical (unpaired) electrons. The second-order valence-electron chi connectivity index (χ2n) is 8.32. The van der Waals surface area contributed by atoms with Gasteiger partial charge >= 0.3 is 0 Å². The maximum absolute atomic E-state index is 12.9. The molecular weight excluding hydrogens is 364 g/mol. The number of fused-ring (bicyclic) bond motifs is 1. The Balaban J connectivity index is 1.52. The molecule has 1 atom stereocenters. The summed E-state index contributed by atoms with van der Waals surface area (Å²) in [5, 5.41) is 3.31. The minimum absolute atomic E-state index is 0.00188. The van der Waals surface area contributed by atoms with Gasteiger partial charge in [-0.25, -0.2) is 9.97 Å². The lowest BCUT2D eigenvalue weighted by Gasteiger charge is -2.34. The molecule has 0 unspecified atom stereocenters. The summed E-state index contributed by atoms with van der Waals surface area (Å²) in [5.74, 6) is 1.55. The molecule has 6 nitrogen and oxygen atoms in total. The smallest absolute Gasteiger partial charge is 0.258 e. The van der Waals surface area contributed by atoms with Crippen LogP contribution in [0, 0.1) is 5.92 Å². The van der Waals surface area contributed by atoms with Crippen LogP contribution in [0.25, 0.3) is 11.0 Å². The van der Waals surface area contributed by atoms with Crippen LogP contribution in [0.1, 0.15) is 58.3 Å². The van der Waals surface area contributed by atoms with Gasteiger partial charge in [0.2, 0.25) is 5.91 Å². The number of ether oxygens (including phenoxy) is 1. The number of carbonyl (C=O) groups excluding carboxylic acids is 1. The van der Waals surface area contributed by atoms with E-state index in [2.05, 4.69) is 17.1 Å². The molecular formula is C23H32N4O2. The molecule has 0 spiro atoms. The zero-order valence-corrected chi connectivity index (χ0v) is 17.4. The predicted octanol–water partition coefficient (Wildman–Crippen LogP) is 4.08. The normalized spacial score (nSPS) is 20.6. The van der Waals surface area contributed by atoms with Gasteiger partial charge in [-0.1, -0.05) is 38.3 Å². The molecule has 2 fully saturated rings. The van der Waals surface area contributed by atoms with Gasteiger partial charge in [0, 0.05) is 19.1 Å². The first-order valence-electron chi connectivity index (χ1n) is 11.2. The summed E-state index contributed by atoms with van der Waals surface area (Å²) >= 11 is 0. The van der Waals surface area contributed by atoms with E-state index in [0.29, 0.717) is 25.1 Å². The summed E-state index contributed by atoms with van der Waals surface area (Å²) in [6.07, 6.45) is 8.82. The van der Waals surface area contributed by atoms with Crippen molar-refractivity contribution in [2.45, 2.75) is 64.3 Å². The van der Waals surface area contributed by atoms with Crippen LogP contribution in [0.4, 0.5) is 5.82 Å². The van der Waals surface area contributed by atoms with Crippen molar-refractivity contribution in [3.63, 3.8) is 0 Å². The molecule has 1 aliphatic heterocycles. The van der Waals surface area contributed by atoms with Crippen molar-refractivity contribution >= 4 is 22.8 Å². The third kappa shape index (κ3) is 4.80. The summed E-state index contributed by atoms with van der Waals surface area (Å²) in [6, 6.07) is 8.24. The van der Waals surface area contributed by atoms with E-state index in [9.17, 15) is 4.79 Å². The highest BCUT2D eigenvalue weighted by atomic mass is 16.5. The predicted molar refractivity (Wildman–Crippen MR) is 115 cm³/mol. The van der Waals surface area contributed by atoms with Crippen LogP contribution in [-0.4, -0.2) is 41.6 Å². The molecule has 156 valence electrons. The van der Waals surface area contributed by atoms with Gasteiger partial charge in [0.25, 0.3) is 5.88 Å². The van der Waals surface area contributed by atoms with Gasteiger partial charge in [-0.05, 0) is 44.2 Å². The number of nitrogens with one attached hydrogen (secondary N) is 1. The number of benzene rings is 1. The molecule has 1 amide bonds. The van der Waals surface area contributed by atoms with Crippen molar-refractivity contribution in [2.24, 2.45) is 5.92 Å². The van der Waals surface area contributed by atoms with E-state index in [1.54, 1.807) is 0 Å². The minimum Gasteiger partial charge on any atom is -0.475 e. The van der Waals surface area contributed by atoms with Crippen molar-refractivity contribution in [2.75, 3.05) is 24.6 Å². The second kappa shape index (κ2) is 9.42. The monoisotopic (exact) mass is 396 g/mol. The second-order valence-corrected chi connectivity index (χ2v) is 8.32. The SMILES string of the molecule is CCCOc1nc2ccccc2nc1N1CCC[C@H](C(=O)NC2CCCCC2)C1. The molecule has 1 aliphatic carbocycles. The van der Waals surface area contributed by atoms with Gasteiger partial charge in [-0.15, -0.1) is 0 Å². The Hall–Kier alpha value is -2.37. The fourth-order valence-electron chi connectivity index (χ4n) is 4.43. The number of hydrogen-bond acceptors (Lipinski definition) is 5. The fourth-order valence-corrected chi connectivity index (χ4v) is 4.43. The molecule has 2 heterocycles. The molecule has 6 heteroatoms. The fraction of sp³-hybridized carbons (Fsp3) is 0.609. The summed E-state index contributed by atoms with van der Waals surface area (Å²) < 4.78 is 5.95. The number of anilines is 1. The largest absolute Gasteiger partial charge is 0.475 e. The van der Waals surface area contributed by atoms with E-state index >= 15 is 0 Å². The van der Waals surface area contributed by atoms with Gasteiger partial charge in [-0.3, -0.25) is 4.79 Å². The lowest BCUT2D eigenvalue weighted by atomic mass is 9.93. The van der Waals surface area contributed by atoms with E-state index in [-0.39, 0.29) is 11.8 Å². The molecule has 2 aromatic rings. The van der Waals surface area contributed by atoms with Crippen molar-refractivity contribution in [3.05, 3.63) is 24.3 Å². The Bertz CT molecular complexity index is 835. The molecule has 0 bridgehead atoms. The van der Waals surface area contributed by atoms with Crippen LogP contribution in [0.3, 0.4) is 0 Å². The highest BCUT2D eigenvalue weighted by Gasteiger charge is 2.30. The zero-order valence-electron chi connectivity index (χ0n) is 17.4. The van der Waals surface area contributed by atoms with E-state index < -0.39 is 0 Å². The number of aromatic nitrogens is 2. The summed E-state index contributed by atoms with van der Waals surface area (Å²) in [5.41, 5.74) is 1.70. The number of hydrogen-bond donors (Lipinski definition) is 1. The van der Waals surface area contributed by atoms with Crippen LogP contribution in [0.5, 0.6) is 5.88 Å². The first-order chi connectivity index (χ1) is 14.2. The zero-order chi connectivity index (χ0) is 20.1. The maximum atomic E-state index is 12.9. The third-order valence-electron chi connectivity index (χ3n) is 6.01. The molecule has 1 aromatic heterocycles. The van der Waals surface area contributed by atoms with Crippen LogP contribution < -0.4 is 15.0 Å².